The Labute approximate surface area is 173 Å². The monoisotopic (exact) mass is 480 g/mol. The van der Waals surface area contributed by atoms with Gasteiger partial charge in [-0.2, -0.15) is 0 Å². The van der Waals surface area contributed by atoms with Crippen LogP contribution in [0.2, 0.25) is 5.02 Å². The summed E-state index contributed by atoms with van der Waals surface area (Å²) in [4.78, 5) is 6.99. The van der Waals surface area contributed by atoms with Gasteiger partial charge in [-0.15, -0.1) is 24.0 Å². The second-order valence-corrected chi connectivity index (χ2v) is 6.85. The molecule has 0 spiro atoms. The zero-order chi connectivity index (χ0) is 17.4. The average Bonchev–Trinajstić information content (AvgIpc) is 2.58. The van der Waals surface area contributed by atoms with Crippen LogP contribution in [0.4, 0.5) is 0 Å². The van der Waals surface area contributed by atoms with Crippen molar-refractivity contribution in [3.63, 3.8) is 0 Å². The highest BCUT2D eigenvalue weighted by Gasteiger charge is 2.34. The van der Waals surface area contributed by atoms with E-state index in [1.54, 1.807) is 0 Å². The number of nitrogens with zero attached hydrogens (tertiary/aromatic N) is 2. The molecule has 1 saturated heterocycles. The summed E-state index contributed by atoms with van der Waals surface area (Å²) in [6, 6.07) is 7.83. The van der Waals surface area contributed by atoms with Crippen LogP contribution in [0.25, 0.3) is 0 Å². The van der Waals surface area contributed by atoms with Gasteiger partial charge < -0.3 is 20.3 Å². The van der Waals surface area contributed by atoms with E-state index in [0.717, 1.165) is 55.7 Å². The SMILES string of the molecule is CCNC(=NCc1cccc(Cl)c1)NCC1(N(C)C)CCOCC1.I. The molecule has 0 amide bonds. The standard InChI is InChI=1S/C18H29ClN4O.HI/c1-4-20-17(21-13-15-6-5-7-16(19)12-15)22-14-18(23(2)3)8-10-24-11-9-18;/h5-7,12H,4,8-11,13-14H2,1-3H3,(H2,20,21,22);1H. The topological polar surface area (TPSA) is 48.9 Å². The van der Waals surface area contributed by atoms with Crippen molar-refractivity contribution in [1.29, 1.82) is 0 Å². The third-order valence-corrected chi connectivity index (χ3v) is 4.85. The van der Waals surface area contributed by atoms with E-state index in [2.05, 4.69) is 41.5 Å². The second-order valence-electron chi connectivity index (χ2n) is 6.41. The number of nitrogens with one attached hydrogen (secondary N) is 2. The first-order valence-corrected chi connectivity index (χ1v) is 8.95. The van der Waals surface area contributed by atoms with Crippen LogP contribution in [0.3, 0.4) is 0 Å². The number of likely N-dealkylation sites (N-methyl/N-ethyl adjacent to an activating group) is 1. The molecule has 0 radical (unpaired) electrons. The Kier molecular flexibility index (Phi) is 10.1. The molecule has 142 valence electrons. The smallest absolute Gasteiger partial charge is 0.191 e. The molecule has 7 heteroatoms. The predicted molar refractivity (Wildman–Crippen MR) is 116 cm³/mol. The van der Waals surface area contributed by atoms with Crippen molar-refractivity contribution in [2.75, 3.05) is 40.4 Å². The Bertz CT molecular complexity index is 548. The van der Waals surface area contributed by atoms with E-state index < -0.39 is 0 Å². The molecule has 0 atom stereocenters. The summed E-state index contributed by atoms with van der Waals surface area (Å²) in [6.45, 7) is 6.00. The van der Waals surface area contributed by atoms with E-state index in [9.17, 15) is 0 Å². The number of halogens is 2. The van der Waals surface area contributed by atoms with Crippen molar-refractivity contribution in [3.8, 4) is 0 Å². The molecule has 0 bridgehead atoms. The number of hydrogen-bond acceptors (Lipinski definition) is 3. The fourth-order valence-electron chi connectivity index (χ4n) is 2.93. The van der Waals surface area contributed by atoms with Crippen LogP contribution in [0.1, 0.15) is 25.3 Å². The van der Waals surface area contributed by atoms with Crippen LogP contribution in [-0.4, -0.2) is 56.8 Å². The fraction of sp³-hybridized carbons (Fsp3) is 0.611. The zero-order valence-corrected chi connectivity index (χ0v) is 18.4. The molecule has 0 unspecified atom stereocenters. The summed E-state index contributed by atoms with van der Waals surface area (Å²) in [5.41, 5.74) is 1.22. The van der Waals surface area contributed by atoms with Crippen molar-refractivity contribution >= 4 is 41.5 Å². The van der Waals surface area contributed by atoms with Crippen molar-refractivity contribution < 1.29 is 4.74 Å². The molecule has 0 aromatic heterocycles. The lowest BCUT2D eigenvalue weighted by molar-refractivity contribution is -0.00501. The quantitative estimate of drug-likeness (QED) is 0.373. The first-order chi connectivity index (χ1) is 11.6. The molecule has 0 saturated carbocycles. The Morgan fingerprint density at radius 3 is 2.60 bits per heavy atom. The number of benzene rings is 1. The maximum Gasteiger partial charge on any atom is 0.191 e. The van der Waals surface area contributed by atoms with Gasteiger partial charge in [-0.25, -0.2) is 4.99 Å². The summed E-state index contributed by atoms with van der Waals surface area (Å²) < 4.78 is 5.53. The van der Waals surface area contributed by atoms with Crippen molar-refractivity contribution in [3.05, 3.63) is 34.9 Å². The van der Waals surface area contributed by atoms with Gasteiger partial charge in [-0.05, 0) is 51.6 Å². The summed E-state index contributed by atoms with van der Waals surface area (Å²) in [6.07, 6.45) is 2.06. The number of guanidine groups is 1. The van der Waals surface area contributed by atoms with Crippen LogP contribution >= 0.6 is 35.6 Å². The van der Waals surface area contributed by atoms with Crippen LogP contribution in [-0.2, 0) is 11.3 Å². The van der Waals surface area contributed by atoms with Crippen molar-refractivity contribution in [2.24, 2.45) is 4.99 Å². The fourth-order valence-corrected chi connectivity index (χ4v) is 3.14. The summed E-state index contributed by atoms with van der Waals surface area (Å²) >= 11 is 6.04. The molecule has 1 aliphatic rings. The maximum atomic E-state index is 6.04. The van der Waals surface area contributed by atoms with Gasteiger partial charge in [0, 0.05) is 36.9 Å². The third kappa shape index (κ3) is 6.92. The van der Waals surface area contributed by atoms with Crippen LogP contribution < -0.4 is 10.6 Å². The first kappa shape index (κ1) is 22.5. The Morgan fingerprint density at radius 1 is 1.28 bits per heavy atom. The minimum atomic E-state index is 0. The molecule has 2 N–H and O–H groups in total. The molecular weight excluding hydrogens is 451 g/mol. The van der Waals surface area contributed by atoms with E-state index in [-0.39, 0.29) is 29.5 Å². The number of aliphatic imine (C=N–C) groups is 1. The number of rotatable bonds is 6. The lowest BCUT2D eigenvalue weighted by Crippen LogP contribution is -2.57. The lowest BCUT2D eigenvalue weighted by Gasteiger charge is -2.43. The van der Waals surface area contributed by atoms with Gasteiger partial charge >= 0.3 is 0 Å². The van der Waals surface area contributed by atoms with Gasteiger partial charge in [0.2, 0.25) is 0 Å². The largest absolute Gasteiger partial charge is 0.381 e. The Morgan fingerprint density at radius 2 is 2.00 bits per heavy atom. The molecule has 5 nitrogen and oxygen atoms in total. The predicted octanol–water partition coefficient (Wildman–Crippen LogP) is 3.12. The van der Waals surface area contributed by atoms with Gasteiger partial charge in [0.1, 0.15) is 0 Å². The lowest BCUT2D eigenvalue weighted by atomic mass is 9.88. The van der Waals surface area contributed by atoms with Gasteiger partial charge in [0.25, 0.3) is 0 Å². The van der Waals surface area contributed by atoms with Gasteiger partial charge in [0.05, 0.1) is 6.54 Å². The number of hydrogen-bond donors (Lipinski definition) is 2. The molecule has 1 fully saturated rings. The molecule has 1 aliphatic heterocycles. The molecule has 1 heterocycles. The summed E-state index contributed by atoms with van der Waals surface area (Å²) in [7, 11) is 4.28. The van der Waals surface area contributed by atoms with E-state index >= 15 is 0 Å². The Hall–Kier alpha value is -0.570. The van der Waals surface area contributed by atoms with E-state index in [1.165, 1.54) is 0 Å². The van der Waals surface area contributed by atoms with Crippen molar-refractivity contribution in [1.82, 2.24) is 15.5 Å². The minimum absolute atomic E-state index is 0. The first-order valence-electron chi connectivity index (χ1n) is 8.57. The van der Waals surface area contributed by atoms with Crippen LogP contribution in [0.15, 0.2) is 29.3 Å². The van der Waals surface area contributed by atoms with Crippen LogP contribution in [0.5, 0.6) is 0 Å². The molecule has 2 rings (SSSR count). The van der Waals surface area contributed by atoms with Crippen molar-refractivity contribution in [2.45, 2.75) is 31.8 Å². The average molecular weight is 481 g/mol. The highest BCUT2D eigenvalue weighted by Crippen LogP contribution is 2.25. The van der Waals surface area contributed by atoms with Gasteiger partial charge in [-0.3, -0.25) is 0 Å². The minimum Gasteiger partial charge on any atom is -0.381 e. The summed E-state index contributed by atoms with van der Waals surface area (Å²) in [5, 5.41) is 7.57. The highest BCUT2D eigenvalue weighted by molar-refractivity contribution is 14.0. The number of ether oxygens (including phenoxy) is 1. The highest BCUT2D eigenvalue weighted by atomic mass is 127. The molecule has 25 heavy (non-hydrogen) atoms. The van der Waals surface area contributed by atoms with Gasteiger partial charge in [0.15, 0.2) is 5.96 Å². The van der Waals surface area contributed by atoms with Crippen LogP contribution in [0, 0.1) is 0 Å². The van der Waals surface area contributed by atoms with Gasteiger partial charge in [-0.1, -0.05) is 23.7 Å². The zero-order valence-electron chi connectivity index (χ0n) is 15.3. The molecule has 0 aliphatic carbocycles. The van der Waals surface area contributed by atoms with E-state index in [4.69, 9.17) is 16.3 Å². The normalized spacial score (nSPS) is 17.1. The van der Waals surface area contributed by atoms with E-state index in [0.29, 0.717) is 6.54 Å². The summed E-state index contributed by atoms with van der Waals surface area (Å²) in [5.74, 6) is 0.838. The third-order valence-electron chi connectivity index (χ3n) is 4.61. The second kappa shape index (κ2) is 11.2. The molecule has 1 aromatic rings. The Balaban J connectivity index is 0.00000312. The molecule has 1 aromatic carbocycles. The molecular formula is C18H30ClIN4O. The maximum absolute atomic E-state index is 6.04. The van der Waals surface area contributed by atoms with E-state index in [1.807, 2.05) is 24.3 Å².